The van der Waals surface area contributed by atoms with Gasteiger partial charge in [0.2, 0.25) is 0 Å². The van der Waals surface area contributed by atoms with Crippen LogP contribution in [0.25, 0.3) is 0 Å². The van der Waals surface area contributed by atoms with Crippen LogP contribution in [0.5, 0.6) is 23.0 Å². The minimum absolute atomic E-state index is 0.0193. The Bertz CT molecular complexity index is 2060. The van der Waals surface area contributed by atoms with Crippen LogP contribution in [0.15, 0.2) is 54.6 Å². The number of phenols is 3. The Morgan fingerprint density at radius 1 is 0.945 bits per heavy atom. The maximum Gasteiger partial charge on any atom is 0.160 e. The summed E-state index contributed by atoms with van der Waals surface area (Å²) < 4.78 is 5.53. The molecule has 0 unspecified atom stereocenters. The summed E-state index contributed by atoms with van der Waals surface area (Å²) in [4.78, 5) is 14.8. The normalized spacial score (nSPS) is 37.1. The number of Topliss-reactive ketones (excluding diaryl/α,β-unsaturated/α-hetero) is 1. The summed E-state index contributed by atoms with van der Waals surface area (Å²) in [6.45, 7) is 1.12. The molecule has 4 bridgehead atoms. The van der Waals surface area contributed by atoms with E-state index in [4.69, 9.17) is 4.74 Å². The average Bonchev–Trinajstić information content (AvgIpc) is 3.18. The zero-order chi connectivity index (χ0) is 38.3. The zero-order valence-corrected chi connectivity index (χ0v) is 31.9. The molecule has 0 aromatic heterocycles. The van der Waals surface area contributed by atoms with Gasteiger partial charge in [0.1, 0.15) is 5.78 Å². The van der Waals surface area contributed by atoms with Crippen molar-refractivity contribution in [3.8, 4) is 34.8 Å². The van der Waals surface area contributed by atoms with E-state index in [9.17, 15) is 30.3 Å². The van der Waals surface area contributed by atoms with Crippen LogP contribution >= 0.6 is 0 Å². The molecule has 3 aromatic carbocycles. The lowest BCUT2D eigenvalue weighted by Crippen LogP contribution is -2.82. The molecule has 9 rings (SSSR count). The number of aliphatic hydroxyl groups is 2. The lowest BCUT2D eigenvalue weighted by molar-refractivity contribution is -0.210. The predicted octanol–water partition coefficient (Wildman–Crippen LogP) is 5.40. The summed E-state index contributed by atoms with van der Waals surface area (Å²) in [6, 6.07) is 17.0. The molecule has 4 fully saturated rings. The van der Waals surface area contributed by atoms with Gasteiger partial charge in [0.25, 0.3) is 0 Å². The Morgan fingerprint density at radius 2 is 1.75 bits per heavy atom. The van der Waals surface area contributed by atoms with Crippen molar-refractivity contribution in [2.75, 3.05) is 27.2 Å². The third kappa shape index (κ3) is 5.46. The fourth-order valence-corrected chi connectivity index (χ4v) is 13.4. The Labute approximate surface area is 323 Å². The number of fused-ring (bicyclic) bond motifs is 3. The molecule has 290 valence electrons. The van der Waals surface area contributed by atoms with Crippen molar-refractivity contribution < 1.29 is 35.1 Å². The molecule has 6 aliphatic rings. The Balaban J connectivity index is 1.25. The zero-order valence-electron chi connectivity index (χ0n) is 31.9. The fourth-order valence-electron chi connectivity index (χ4n) is 13.4. The first-order valence-electron chi connectivity index (χ1n) is 20.3. The number of carbonyl (C=O) groups is 1. The maximum atomic E-state index is 14.8. The summed E-state index contributed by atoms with van der Waals surface area (Å²) in [6.07, 6.45) is 5.85. The Kier molecular flexibility index (Phi) is 9.01. The van der Waals surface area contributed by atoms with E-state index in [-0.39, 0.29) is 83.4 Å². The molecule has 1 saturated heterocycles. The number of carbonyl (C=O) groups excluding carboxylic acids is 1. The van der Waals surface area contributed by atoms with E-state index in [1.807, 2.05) is 31.3 Å². The van der Waals surface area contributed by atoms with Crippen molar-refractivity contribution in [3.05, 3.63) is 82.4 Å². The first-order chi connectivity index (χ1) is 26.6. The van der Waals surface area contributed by atoms with Crippen LogP contribution in [0, 0.1) is 47.3 Å². The molecule has 55 heavy (non-hydrogen) atoms. The van der Waals surface area contributed by atoms with Crippen molar-refractivity contribution in [1.82, 2.24) is 10.6 Å². The van der Waals surface area contributed by atoms with Crippen molar-refractivity contribution >= 4 is 5.78 Å². The number of ether oxygens (including phenoxy) is 1. The number of hydrogen-bond donors (Lipinski definition) is 7. The van der Waals surface area contributed by atoms with Gasteiger partial charge in [0, 0.05) is 54.0 Å². The smallest absolute Gasteiger partial charge is 0.160 e. The summed E-state index contributed by atoms with van der Waals surface area (Å²) >= 11 is 0. The van der Waals surface area contributed by atoms with Crippen molar-refractivity contribution in [1.29, 1.82) is 0 Å². The minimum atomic E-state index is -1.35. The highest BCUT2D eigenvalue weighted by Crippen LogP contribution is 2.73. The molecule has 9 nitrogen and oxygen atoms in total. The van der Waals surface area contributed by atoms with Gasteiger partial charge in [-0.3, -0.25) is 4.79 Å². The Morgan fingerprint density at radius 3 is 2.51 bits per heavy atom. The molecule has 3 aromatic rings. The van der Waals surface area contributed by atoms with Gasteiger partial charge >= 0.3 is 0 Å². The number of nitrogens with one attached hydrogen (secondary N) is 2. The van der Waals surface area contributed by atoms with Crippen LogP contribution in [0.3, 0.4) is 0 Å². The molecule has 5 aliphatic carbocycles. The largest absolute Gasteiger partial charge is 0.504 e. The number of phenolic OH excluding ortho intramolecular Hbond substituents is 3. The number of aliphatic hydroxyl groups excluding tert-OH is 1. The number of benzene rings is 3. The summed E-state index contributed by atoms with van der Waals surface area (Å²) in [5.74, 6) is 7.19. The molecular weight excluding hydrogens is 693 g/mol. The van der Waals surface area contributed by atoms with Gasteiger partial charge < -0.3 is 40.9 Å². The third-order valence-corrected chi connectivity index (χ3v) is 15.3. The highest BCUT2D eigenvalue weighted by Gasteiger charge is 2.75. The molecular formula is C46H54N2O7. The van der Waals surface area contributed by atoms with Crippen LogP contribution in [-0.2, 0) is 23.2 Å². The second kappa shape index (κ2) is 13.5. The number of ketones is 1. The summed E-state index contributed by atoms with van der Waals surface area (Å²) in [5, 5.41) is 64.5. The molecule has 1 spiro atoms. The average molecular weight is 747 g/mol. The van der Waals surface area contributed by atoms with E-state index >= 15 is 0 Å². The quantitative estimate of drug-likeness (QED) is 0.125. The van der Waals surface area contributed by atoms with E-state index in [0.717, 1.165) is 48.9 Å². The monoisotopic (exact) mass is 746 g/mol. The van der Waals surface area contributed by atoms with Crippen LogP contribution in [-0.4, -0.2) is 69.7 Å². The second-order valence-electron chi connectivity index (χ2n) is 17.7. The van der Waals surface area contributed by atoms with Gasteiger partial charge in [-0.15, -0.1) is 0 Å². The molecule has 1 heterocycles. The van der Waals surface area contributed by atoms with Crippen LogP contribution < -0.4 is 15.4 Å². The molecule has 3 saturated carbocycles. The third-order valence-electron chi connectivity index (χ3n) is 15.3. The van der Waals surface area contributed by atoms with E-state index in [1.54, 1.807) is 12.1 Å². The SMILES string of the molecule is CNC[C@H]1C[C@H]2CC[C@@]34CC[C@]5(O)CC(=O)C[C@@H](c6cc(OC)c(O)cc6CO)[C@H](Cc6ccccc6)C#C[C@@H](CN3)[C@H]5[C@]43c4cc(O)c(O)cc4[C@H]1C[C@H]23. The van der Waals surface area contributed by atoms with Gasteiger partial charge in [-0.05, 0) is 134 Å². The number of hydrogen-bond acceptors (Lipinski definition) is 9. The number of aromatic hydroxyl groups is 3. The minimum Gasteiger partial charge on any atom is -0.504 e. The maximum absolute atomic E-state index is 14.8. The number of methoxy groups -OCH3 is 1. The summed E-state index contributed by atoms with van der Waals surface area (Å²) in [7, 11) is 3.49. The number of rotatable bonds is 7. The molecule has 0 amide bonds. The predicted molar refractivity (Wildman–Crippen MR) is 208 cm³/mol. The lowest BCUT2D eigenvalue weighted by Gasteiger charge is -2.75. The van der Waals surface area contributed by atoms with Gasteiger partial charge in [0.05, 0.1) is 19.3 Å². The van der Waals surface area contributed by atoms with Crippen molar-refractivity contribution in [2.24, 2.45) is 35.5 Å². The lowest BCUT2D eigenvalue weighted by atomic mass is 9.32. The van der Waals surface area contributed by atoms with Crippen LogP contribution in [0.1, 0.15) is 91.0 Å². The topological polar surface area (TPSA) is 152 Å². The molecule has 9 heteroatoms. The first kappa shape index (κ1) is 36.6. The number of piperidine rings is 1. The van der Waals surface area contributed by atoms with E-state index in [0.29, 0.717) is 48.8 Å². The van der Waals surface area contributed by atoms with Gasteiger partial charge in [-0.1, -0.05) is 42.2 Å². The van der Waals surface area contributed by atoms with Crippen LogP contribution in [0.4, 0.5) is 0 Å². The van der Waals surface area contributed by atoms with E-state index in [1.165, 1.54) is 13.2 Å². The highest BCUT2D eigenvalue weighted by molar-refractivity contribution is 5.81. The summed E-state index contributed by atoms with van der Waals surface area (Å²) in [5.41, 5.74) is 2.10. The molecule has 0 radical (unpaired) electrons. The van der Waals surface area contributed by atoms with E-state index < -0.39 is 16.9 Å². The molecule has 7 N–H and O–H groups in total. The molecule has 1 aliphatic heterocycles. The first-order valence-corrected chi connectivity index (χ1v) is 20.3. The van der Waals surface area contributed by atoms with Gasteiger partial charge in [-0.25, -0.2) is 0 Å². The van der Waals surface area contributed by atoms with Gasteiger partial charge in [-0.2, -0.15) is 0 Å². The Hall–Kier alpha value is -4.07. The standard InChI is InChI=1S/C46H54N2O7/c1-47-23-30-15-28-10-11-45-13-12-44(54)22-32(50)17-33(35-20-42(55-2)41(53)16-31(35)25-49)27(14-26-6-4-3-5-7-26)8-9-29(24-48-45)43(44)46(45)37(28)18-34(30)36-19-39(51)40(52)21-38(36)46/h3-7,16,19-21,27-30,33-34,37,43,47-49,51-54H,10-15,17-18,22-25H2,1-2H3/t27-,28+,29-,30+,33+,34-,37+,43+,44-,45-,46-/m0/s1. The van der Waals surface area contributed by atoms with Crippen LogP contribution in [0.2, 0.25) is 0 Å². The van der Waals surface area contributed by atoms with Crippen molar-refractivity contribution in [2.45, 2.75) is 92.8 Å². The molecule has 11 atom stereocenters. The van der Waals surface area contributed by atoms with Gasteiger partial charge in [0.15, 0.2) is 23.0 Å². The second-order valence-corrected chi connectivity index (χ2v) is 17.7. The van der Waals surface area contributed by atoms with E-state index in [2.05, 4.69) is 34.6 Å². The van der Waals surface area contributed by atoms with Crippen molar-refractivity contribution in [3.63, 3.8) is 0 Å². The highest BCUT2D eigenvalue weighted by atomic mass is 16.5. The fraction of sp³-hybridized carbons (Fsp3) is 0.543.